The molecule has 8 aromatic carbocycles. The second-order valence-electron chi connectivity index (χ2n) is 13.3. The molecular weight excluding hydrogens is 651 g/mol. The number of hydrogen-bond acceptors (Lipinski definition) is 3. The molecular formula is C48H31N3S. The number of fused-ring (bicyclic) bond motifs is 10. The van der Waals surface area contributed by atoms with Crippen molar-refractivity contribution in [3.05, 3.63) is 188 Å². The van der Waals surface area contributed by atoms with Gasteiger partial charge in [-0.3, -0.25) is 0 Å². The lowest BCUT2D eigenvalue weighted by molar-refractivity contribution is 1.29. The first-order valence-electron chi connectivity index (χ1n) is 17.7. The summed E-state index contributed by atoms with van der Waals surface area (Å²) in [5.74, 6) is 0. The number of benzene rings is 8. The fourth-order valence-electron chi connectivity index (χ4n) is 8.31. The molecule has 0 unspecified atom stereocenters. The zero-order valence-corrected chi connectivity index (χ0v) is 29.0. The van der Waals surface area contributed by atoms with Crippen molar-refractivity contribution in [3.8, 4) is 0 Å². The largest absolute Gasteiger partial charge is 0.310 e. The summed E-state index contributed by atoms with van der Waals surface area (Å²) in [6.45, 7) is 0. The second kappa shape index (κ2) is 11.5. The molecule has 0 radical (unpaired) electrons. The van der Waals surface area contributed by atoms with Crippen molar-refractivity contribution in [1.82, 2.24) is 4.40 Å². The number of rotatable bonds is 6. The maximum atomic E-state index is 2.56. The van der Waals surface area contributed by atoms with Gasteiger partial charge < -0.3 is 14.2 Å². The molecule has 0 atom stereocenters. The van der Waals surface area contributed by atoms with Gasteiger partial charge in [0, 0.05) is 60.1 Å². The SMILES string of the molecule is c1ccc(N(c2ccccc2)c2ccc3c(c2)sc2c4cccc5c6c7ccccc7c(N(c7ccccc7)c7ccccc7)cc6n(c45)c32)cc1. The quantitative estimate of drug-likeness (QED) is 0.173. The third-order valence-corrected chi connectivity index (χ3v) is 11.6. The molecule has 52 heavy (non-hydrogen) atoms. The Morgan fingerprint density at radius 1 is 0.365 bits per heavy atom. The van der Waals surface area contributed by atoms with Crippen molar-refractivity contribution in [1.29, 1.82) is 0 Å². The summed E-state index contributed by atoms with van der Waals surface area (Å²) >= 11 is 1.90. The van der Waals surface area contributed by atoms with Crippen molar-refractivity contribution >= 4 is 104 Å². The predicted molar refractivity (Wildman–Crippen MR) is 223 cm³/mol. The lowest BCUT2D eigenvalue weighted by Gasteiger charge is -2.27. The Hall–Kier alpha value is -6.62. The van der Waals surface area contributed by atoms with Crippen LogP contribution in [-0.4, -0.2) is 4.40 Å². The molecule has 4 heteroatoms. The highest BCUT2D eigenvalue weighted by molar-refractivity contribution is 7.26. The number of aromatic nitrogens is 1. The number of hydrogen-bond donors (Lipinski definition) is 0. The minimum absolute atomic E-state index is 1.13. The van der Waals surface area contributed by atoms with Crippen LogP contribution in [-0.2, 0) is 0 Å². The van der Waals surface area contributed by atoms with E-state index in [9.17, 15) is 0 Å². The molecule has 0 aliphatic heterocycles. The highest BCUT2D eigenvalue weighted by Gasteiger charge is 2.25. The van der Waals surface area contributed by atoms with Crippen LogP contribution in [0.2, 0.25) is 0 Å². The molecule has 244 valence electrons. The Bertz CT molecular complexity index is 2980. The topological polar surface area (TPSA) is 10.9 Å². The van der Waals surface area contributed by atoms with E-state index >= 15 is 0 Å². The molecule has 0 spiro atoms. The van der Waals surface area contributed by atoms with E-state index in [0.717, 1.165) is 34.1 Å². The molecule has 0 amide bonds. The van der Waals surface area contributed by atoms with E-state index in [0.29, 0.717) is 0 Å². The average Bonchev–Trinajstić information content (AvgIpc) is 3.86. The third-order valence-electron chi connectivity index (χ3n) is 10.4. The van der Waals surface area contributed by atoms with E-state index in [1.165, 1.54) is 58.3 Å². The summed E-state index contributed by atoms with van der Waals surface area (Å²) in [4.78, 5) is 4.75. The van der Waals surface area contributed by atoms with Crippen LogP contribution in [0.25, 0.3) is 58.3 Å². The highest BCUT2D eigenvalue weighted by Crippen LogP contribution is 2.50. The Labute approximate surface area is 304 Å². The average molecular weight is 682 g/mol. The van der Waals surface area contributed by atoms with Gasteiger partial charge in [-0.15, -0.1) is 11.3 Å². The molecule has 11 rings (SSSR count). The van der Waals surface area contributed by atoms with Gasteiger partial charge in [0.05, 0.1) is 26.9 Å². The van der Waals surface area contributed by atoms with Crippen LogP contribution in [0.4, 0.5) is 34.1 Å². The highest BCUT2D eigenvalue weighted by atomic mass is 32.1. The van der Waals surface area contributed by atoms with Gasteiger partial charge in [0.2, 0.25) is 0 Å². The molecule has 0 bridgehead atoms. The first kappa shape index (κ1) is 29.1. The van der Waals surface area contributed by atoms with E-state index < -0.39 is 0 Å². The van der Waals surface area contributed by atoms with Gasteiger partial charge in [-0.1, -0.05) is 115 Å². The molecule has 11 aromatic rings. The van der Waals surface area contributed by atoms with Crippen molar-refractivity contribution in [2.75, 3.05) is 9.80 Å². The van der Waals surface area contributed by atoms with Crippen molar-refractivity contribution in [2.24, 2.45) is 0 Å². The number of anilines is 6. The molecule has 3 heterocycles. The molecule has 0 aliphatic carbocycles. The van der Waals surface area contributed by atoms with Crippen LogP contribution in [0.1, 0.15) is 0 Å². The van der Waals surface area contributed by atoms with E-state index in [4.69, 9.17) is 0 Å². The fourth-order valence-corrected chi connectivity index (χ4v) is 9.55. The first-order chi connectivity index (χ1) is 25.8. The van der Waals surface area contributed by atoms with Crippen LogP contribution in [0.15, 0.2) is 188 Å². The standard InChI is InChI=1S/C48H31N3S/c1-5-16-32(17-6-1)49(33-18-7-2-8-19-33)36-28-29-39-44(30-36)52-48-41-27-15-26-40-45-38-25-14-13-24-37(38)42(31-43(45)51(46(40)41)47(39)48)50(34-20-9-3-10-21-34)35-22-11-4-12-23-35/h1-31H. The minimum atomic E-state index is 1.13. The van der Waals surface area contributed by atoms with E-state index in [1.807, 2.05) is 11.3 Å². The summed E-state index contributed by atoms with van der Waals surface area (Å²) < 4.78 is 5.17. The summed E-state index contributed by atoms with van der Waals surface area (Å²) in [6, 6.07) is 68.0. The molecule has 0 saturated carbocycles. The molecule has 3 nitrogen and oxygen atoms in total. The summed E-state index contributed by atoms with van der Waals surface area (Å²) in [5, 5.41) is 7.68. The minimum Gasteiger partial charge on any atom is -0.310 e. The zero-order valence-electron chi connectivity index (χ0n) is 28.1. The lowest BCUT2D eigenvalue weighted by Crippen LogP contribution is -2.10. The third kappa shape index (κ3) is 4.25. The monoisotopic (exact) mass is 681 g/mol. The van der Waals surface area contributed by atoms with Gasteiger partial charge in [0.15, 0.2) is 0 Å². The zero-order chi connectivity index (χ0) is 34.2. The Morgan fingerprint density at radius 3 is 1.50 bits per heavy atom. The van der Waals surface area contributed by atoms with Crippen LogP contribution in [0, 0.1) is 0 Å². The molecule has 0 N–H and O–H groups in total. The summed E-state index contributed by atoms with van der Waals surface area (Å²) in [7, 11) is 0. The van der Waals surface area contributed by atoms with Crippen molar-refractivity contribution in [2.45, 2.75) is 0 Å². The van der Waals surface area contributed by atoms with Gasteiger partial charge in [-0.2, -0.15) is 0 Å². The Kier molecular flexibility index (Phi) is 6.42. The second-order valence-corrected chi connectivity index (χ2v) is 14.4. The smallest absolute Gasteiger partial charge is 0.0728 e. The number of thiophene rings is 1. The number of para-hydroxylation sites is 5. The van der Waals surface area contributed by atoms with Gasteiger partial charge in [-0.05, 0) is 78.2 Å². The summed E-state index contributed by atoms with van der Waals surface area (Å²) in [6.07, 6.45) is 0. The van der Waals surface area contributed by atoms with Gasteiger partial charge in [0.1, 0.15) is 0 Å². The van der Waals surface area contributed by atoms with Gasteiger partial charge in [-0.25, -0.2) is 0 Å². The van der Waals surface area contributed by atoms with E-state index in [2.05, 4.69) is 202 Å². The lowest BCUT2D eigenvalue weighted by atomic mass is 10.00. The molecule has 0 saturated heterocycles. The van der Waals surface area contributed by atoms with Crippen LogP contribution < -0.4 is 9.80 Å². The van der Waals surface area contributed by atoms with Crippen molar-refractivity contribution < 1.29 is 0 Å². The normalized spacial score (nSPS) is 11.8. The van der Waals surface area contributed by atoms with Crippen LogP contribution in [0.3, 0.4) is 0 Å². The fraction of sp³-hybridized carbons (Fsp3) is 0. The maximum absolute atomic E-state index is 2.56. The molecule has 3 aromatic heterocycles. The maximum Gasteiger partial charge on any atom is 0.0728 e. The van der Waals surface area contributed by atoms with E-state index in [-0.39, 0.29) is 0 Å². The van der Waals surface area contributed by atoms with E-state index in [1.54, 1.807) is 0 Å². The number of nitrogens with zero attached hydrogens (tertiary/aromatic N) is 3. The van der Waals surface area contributed by atoms with Crippen LogP contribution >= 0.6 is 11.3 Å². The van der Waals surface area contributed by atoms with Gasteiger partial charge >= 0.3 is 0 Å². The Balaban J connectivity index is 1.22. The van der Waals surface area contributed by atoms with Crippen LogP contribution in [0.5, 0.6) is 0 Å². The van der Waals surface area contributed by atoms with Crippen molar-refractivity contribution in [3.63, 3.8) is 0 Å². The molecule has 0 fully saturated rings. The molecule has 0 aliphatic rings. The predicted octanol–water partition coefficient (Wildman–Crippen LogP) is 14.1. The summed E-state index contributed by atoms with van der Waals surface area (Å²) in [5.41, 5.74) is 10.7. The first-order valence-corrected chi connectivity index (χ1v) is 18.5. The Morgan fingerprint density at radius 2 is 0.885 bits per heavy atom. The van der Waals surface area contributed by atoms with Gasteiger partial charge in [0.25, 0.3) is 0 Å².